The number of carbonyl (C=O) groups excluding carboxylic acids is 1. The van der Waals surface area contributed by atoms with E-state index in [1.807, 2.05) is 37.3 Å². The van der Waals surface area contributed by atoms with Crippen molar-refractivity contribution in [2.24, 2.45) is 0 Å². The van der Waals surface area contributed by atoms with Crippen molar-refractivity contribution in [3.8, 4) is 11.5 Å². The molecule has 0 fully saturated rings. The van der Waals surface area contributed by atoms with E-state index in [0.29, 0.717) is 29.5 Å². The summed E-state index contributed by atoms with van der Waals surface area (Å²) in [6, 6.07) is 14.8. The summed E-state index contributed by atoms with van der Waals surface area (Å²) in [6.45, 7) is 2.31. The first-order valence-electron chi connectivity index (χ1n) is 9.10. The lowest BCUT2D eigenvalue weighted by Gasteiger charge is -2.13. The van der Waals surface area contributed by atoms with Crippen molar-refractivity contribution in [2.45, 2.75) is 13.5 Å². The first-order valence-corrected chi connectivity index (χ1v) is 9.10. The largest absolute Gasteiger partial charge is 0.493 e. The molecule has 0 aliphatic carbocycles. The highest BCUT2D eigenvalue weighted by molar-refractivity contribution is 6.11. The number of hydrogen-bond donors (Lipinski definition) is 2. The summed E-state index contributed by atoms with van der Waals surface area (Å²) in [4.78, 5) is 16.8. The summed E-state index contributed by atoms with van der Waals surface area (Å²) in [7, 11) is 1.57. The Bertz CT molecular complexity index is 1160. The van der Waals surface area contributed by atoms with E-state index in [9.17, 15) is 4.79 Å². The number of anilines is 1. The number of fused-ring (bicyclic) bond motifs is 1. The normalized spacial score (nSPS) is 10.7. The molecule has 0 atom stereocenters. The highest BCUT2D eigenvalue weighted by Gasteiger charge is 2.16. The van der Waals surface area contributed by atoms with Crippen LogP contribution in [0.3, 0.4) is 0 Å². The van der Waals surface area contributed by atoms with Gasteiger partial charge in [-0.2, -0.15) is 5.10 Å². The van der Waals surface area contributed by atoms with Crippen molar-refractivity contribution >= 4 is 22.5 Å². The second-order valence-electron chi connectivity index (χ2n) is 6.59. The van der Waals surface area contributed by atoms with Gasteiger partial charge in [0.2, 0.25) is 0 Å². The molecule has 2 N–H and O–H groups in total. The van der Waals surface area contributed by atoms with Gasteiger partial charge in [0, 0.05) is 35.1 Å². The predicted molar refractivity (Wildman–Crippen MR) is 110 cm³/mol. The number of benzene rings is 2. The smallest absolute Gasteiger partial charge is 0.276 e. The quantitative estimate of drug-likeness (QED) is 0.519. The number of aromatic amines is 1. The number of ether oxygens (including phenoxy) is 2. The molecule has 0 aliphatic heterocycles. The number of amides is 1. The van der Waals surface area contributed by atoms with Crippen LogP contribution in [-0.4, -0.2) is 28.2 Å². The summed E-state index contributed by atoms with van der Waals surface area (Å²) >= 11 is 0. The Labute approximate surface area is 167 Å². The molecule has 0 unspecified atom stereocenters. The number of carbonyl (C=O) groups is 1. The molecular formula is C22H20N4O3. The number of aromatic nitrogens is 3. The van der Waals surface area contributed by atoms with E-state index in [1.165, 1.54) is 0 Å². The molecule has 0 saturated carbocycles. The van der Waals surface area contributed by atoms with E-state index in [0.717, 1.165) is 22.0 Å². The van der Waals surface area contributed by atoms with Crippen LogP contribution in [0, 0.1) is 6.92 Å². The summed E-state index contributed by atoms with van der Waals surface area (Å²) in [6.07, 6.45) is 3.45. The van der Waals surface area contributed by atoms with Gasteiger partial charge in [-0.25, -0.2) is 0 Å². The lowest BCUT2D eigenvalue weighted by atomic mass is 10.1. The third-order valence-corrected chi connectivity index (χ3v) is 4.47. The Morgan fingerprint density at radius 1 is 1.14 bits per heavy atom. The van der Waals surface area contributed by atoms with Crippen LogP contribution in [0.25, 0.3) is 10.9 Å². The topological polar surface area (TPSA) is 89.1 Å². The van der Waals surface area contributed by atoms with Crippen LogP contribution in [0.5, 0.6) is 11.5 Å². The number of H-pyrrole nitrogens is 1. The van der Waals surface area contributed by atoms with E-state index in [4.69, 9.17) is 9.47 Å². The number of nitrogens with one attached hydrogen (secondary N) is 2. The third-order valence-electron chi connectivity index (χ3n) is 4.47. The van der Waals surface area contributed by atoms with Gasteiger partial charge in [0.1, 0.15) is 6.61 Å². The lowest BCUT2D eigenvalue weighted by molar-refractivity contribution is 0.102. The van der Waals surface area contributed by atoms with E-state index < -0.39 is 0 Å². The molecule has 0 bridgehead atoms. The van der Waals surface area contributed by atoms with Gasteiger partial charge < -0.3 is 14.8 Å². The molecule has 0 spiro atoms. The number of pyridine rings is 1. The van der Waals surface area contributed by atoms with Gasteiger partial charge in [-0.1, -0.05) is 17.7 Å². The first-order chi connectivity index (χ1) is 14.1. The number of rotatable bonds is 6. The highest BCUT2D eigenvalue weighted by Crippen LogP contribution is 2.31. The second kappa shape index (κ2) is 8.02. The van der Waals surface area contributed by atoms with E-state index in [-0.39, 0.29) is 5.91 Å². The molecule has 7 heteroatoms. The van der Waals surface area contributed by atoms with E-state index >= 15 is 0 Å². The maximum Gasteiger partial charge on any atom is 0.276 e. The van der Waals surface area contributed by atoms with Gasteiger partial charge in [0.25, 0.3) is 5.91 Å². The maximum absolute atomic E-state index is 12.8. The van der Waals surface area contributed by atoms with Gasteiger partial charge >= 0.3 is 0 Å². The van der Waals surface area contributed by atoms with Crippen molar-refractivity contribution in [3.63, 3.8) is 0 Å². The SMILES string of the molecule is COc1ccc(NC(=O)c2n[nH]c3ccc(C)cc23)cc1OCc1cccnc1. The molecule has 146 valence electrons. The molecule has 29 heavy (non-hydrogen) atoms. The summed E-state index contributed by atoms with van der Waals surface area (Å²) in [5, 5.41) is 10.7. The maximum atomic E-state index is 12.8. The molecular weight excluding hydrogens is 368 g/mol. The fourth-order valence-electron chi connectivity index (χ4n) is 3.00. The Kier molecular flexibility index (Phi) is 5.11. The average molecular weight is 388 g/mol. The Hall–Kier alpha value is -3.87. The second-order valence-corrected chi connectivity index (χ2v) is 6.59. The lowest BCUT2D eigenvalue weighted by Crippen LogP contribution is -2.13. The average Bonchev–Trinajstić information content (AvgIpc) is 3.16. The van der Waals surface area contributed by atoms with Gasteiger partial charge in [-0.05, 0) is 37.3 Å². The molecule has 7 nitrogen and oxygen atoms in total. The molecule has 2 aromatic heterocycles. The summed E-state index contributed by atoms with van der Waals surface area (Å²) in [5.41, 5.74) is 3.74. The molecule has 0 saturated heterocycles. The molecule has 0 radical (unpaired) electrons. The molecule has 2 aromatic carbocycles. The Morgan fingerprint density at radius 2 is 2.03 bits per heavy atom. The zero-order valence-corrected chi connectivity index (χ0v) is 16.1. The van der Waals surface area contributed by atoms with Crippen LogP contribution in [-0.2, 0) is 6.61 Å². The van der Waals surface area contributed by atoms with E-state index in [1.54, 1.807) is 37.7 Å². The highest BCUT2D eigenvalue weighted by atomic mass is 16.5. The fraction of sp³-hybridized carbons (Fsp3) is 0.136. The standard InChI is InChI=1S/C22H20N4O3/c1-14-5-7-18-17(10-14)21(26-25-18)22(27)24-16-6-8-19(28-2)20(11-16)29-13-15-4-3-9-23-12-15/h3-12H,13H2,1-2H3,(H,24,27)(H,25,26). The molecule has 2 heterocycles. The first kappa shape index (κ1) is 18.5. The molecule has 1 amide bonds. The van der Waals surface area contributed by atoms with Crippen LogP contribution in [0.15, 0.2) is 60.9 Å². The number of aryl methyl sites for hydroxylation is 1. The van der Waals surface area contributed by atoms with E-state index in [2.05, 4.69) is 20.5 Å². The van der Waals surface area contributed by atoms with Crippen LogP contribution >= 0.6 is 0 Å². The van der Waals surface area contributed by atoms with Gasteiger partial charge in [-0.15, -0.1) is 0 Å². The molecule has 4 aromatic rings. The summed E-state index contributed by atoms with van der Waals surface area (Å²) < 4.78 is 11.2. The van der Waals surface area contributed by atoms with Crippen LogP contribution in [0.2, 0.25) is 0 Å². The zero-order chi connectivity index (χ0) is 20.2. The van der Waals surface area contributed by atoms with Crippen LogP contribution < -0.4 is 14.8 Å². The van der Waals surface area contributed by atoms with Crippen molar-refractivity contribution in [1.29, 1.82) is 0 Å². The number of hydrogen-bond acceptors (Lipinski definition) is 5. The predicted octanol–water partition coefficient (Wildman–Crippen LogP) is 4.11. The van der Waals surface area contributed by atoms with Gasteiger partial charge in [0.15, 0.2) is 17.2 Å². The minimum absolute atomic E-state index is 0.301. The number of nitrogens with zero attached hydrogens (tertiary/aromatic N) is 2. The van der Waals surface area contributed by atoms with Crippen molar-refractivity contribution < 1.29 is 14.3 Å². The van der Waals surface area contributed by atoms with Crippen LogP contribution in [0.4, 0.5) is 5.69 Å². The van der Waals surface area contributed by atoms with Crippen molar-refractivity contribution in [3.05, 3.63) is 77.7 Å². The summed E-state index contributed by atoms with van der Waals surface area (Å²) in [5.74, 6) is 0.801. The minimum atomic E-state index is -0.301. The van der Waals surface area contributed by atoms with Crippen molar-refractivity contribution in [1.82, 2.24) is 15.2 Å². The van der Waals surface area contributed by atoms with Crippen LogP contribution in [0.1, 0.15) is 21.6 Å². The minimum Gasteiger partial charge on any atom is -0.493 e. The zero-order valence-electron chi connectivity index (χ0n) is 16.1. The fourth-order valence-corrected chi connectivity index (χ4v) is 3.00. The van der Waals surface area contributed by atoms with Gasteiger partial charge in [-0.3, -0.25) is 14.9 Å². The molecule has 0 aliphatic rings. The Balaban J connectivity index is 1.55. The van der Waals surface area contributed by atoms with Crippen molar-refractivity contribution in [2.75, 3.05) is 12.4 Å². The molecule has 4 rings (SSSR count). The number of methoxy groups -OCH3 is 1. The third kappa shape index (κ3) is 4.03. The van der Waals surface area contributed by atoms with Gasteiger partial charge in [0.05, 0.1) is 12.6 Å². The monoisotopic (exact) mass is 388 g/mol. The Morgan fingerprint density at radius 3 is 2.83 bits per heavy atom.